The molecule has 1 spiro atoms. The molecular weight excluding hydrogens is 627 g/mol. The molecule has 0 aliphatic heterocycles. The quantitative estimate of drug-likeness (QED) is 0.183. The standard InChI is InChI=1S/C51H37N/c1-32-25-40(37-15-11-14-36(27-37)35-12-5-4-6-13-35)28-41(26-32)38-20-22-48-44(29-38)42-16-7-9-18-46(42)51(48)47-19-10-8-17-43(47)45-30-39(21-23-49(45)51)50-34(3)24-33(2)31-52-50/h4-31H,1-3H3. The van der Waals surface area contributed by atoms with Gasteiger partial charge in [-0.1, -0.05) is 140 Å². The minimum absolute atomic E-state index is 0.389. The molecule has 0 saturated carbocycles. The van der Waals surface area contributed by atoms with Gasteiger partial charge in [0.2, 0.25) is 0 Å². The van der Waals surface area contributed by atoms with Crippen molar-refractivity contribution in [1.82, 2.24) is 4.98 Å². The summed E-state index contributed by atoms with van der Waals surface area (Å²) in [7, 11) is 0. The minimum Gasteiger partial charge on any atom is -0.256 e. The maximum atomic E-state index is 4.88. The zero-order valence-electron chi connectivity index (χ0n) is 29.6. The van der Waals surface area contributed by atoms with Crippen LogP contribution in [-0.2, 0) is 5.41 Å². The highest BCUT2D eigenvalue weighted by molar-refractivity contribution is 5.97. The van der Waals surface area contributed by atoms with Crippen molar-refractivity contribution < 1.29 is 0 Å². The van der Waals surface area contributed by atoms with Crippen LogP contribution in [-0.4, -0.2) is 4.98 Å². The fourth-order valence-electron chi connectivity index (χ4n) is 9.12. The highest BCUT2D eigenvalue weighted by Gasteiger charge is 2.51. The molecule has 1 aromatic heterocycles. The first-order valence-corrected chi connectivity index (χ1v) is 18.2. The summed E-state index contributed by atoms with van der Waals surface area (Å²) in [5.74, 6) is 0. The van der Waals surface area contributed by atoms with E-state index >= 15 is 0 Å². The van der Waals surface area contributed by atoms with Gasteiger partial charge in [0.15, 0.2) is 0 Å². The number of benzene rings is 7. The van der Waals surface area contributed by atoms with Crippen molar-refractivity contribution in [2.24, 2.45) is 0 Å². The van der Waals surface area contributed by atoms with Gasteiger partial charge in [0.25, 0.3) is 0 Å². The summed E-state index contributed by atoms with van der Waals surface area (Å²) in [4.78, 5) is 4.88. The van der Waals surface area contributed by atoms with E-state index in [1.807, 2.05) is 6.20 Å². The first-order chi connectivity index (χ1) is 25.5. The van der Waals surface area contributed by atoms with Crippen molar-refractivity contribution in [1.29, 1.82) is 0 Å². The van der Waals surface area contributed by atoms with Gasteiger partial charge in [-0.15, -0.1) is 0 Å². The third-order valence-electron chi connectivity index (χ3n) is 11.3. The molecule has 0 N–H and O–H groups in total. The first kappa shape index (κ1) is 30.5. The maximum Gasteiger partial charge on any atom is 0.0731 e. The molecule has 0 bridgehead atoms. The summed E-state index contributed by atoms with van der Waals surface area (Å²) in [5.41, 5.74) is 23.5. The number of rotatable bonds is 4. The Morgan fingerprint density at radius 2 is 0.846 bits per heavy atom. The summed E-state index contributed by atoms with van der Waals surface area (Å²) < 4.78 is 0. The highest BCUT2D eigenvalue weighted by atomic mass is 14.7. The van der Waals surface area contributed by atoms with Gasteiger partial charge in [-0.05, 0) is 140 Å². The van der Waals surface area contributed by atoms with Crippen LogP contribution >= 0.6 is 0 Å². The smallest absolute Gasteiger partial charge is 0.0731 e. The molecular formula is C51H37N. The average molecular weight is 664 g/mol. The van der Waals surface area contributed by atoms with E-state index < -0.39 is 0 Å². The second-order valence-corrected chi connectivity index (χ2v) is 14.6. The predicted molar refractivity (Wildman–Crippen MR) is 216 cm³/mol. The Labute approximate surface area is 305 Å². The largest absolute Gasteiger partial charge is 0.256 e. The lowest BCUT2D eigenvalue weighted by atomic mass is 9.70. The zero-order chi connectivity index (χ0) is 35.0. The molecule has 10 rings (SSSR count). The summed E-state index contributed by atoms with van der Waals surface area (Å²) in [5, 5.41) is 0. The van der Waals surface area contributed by atoms with Crippen LogP contribution in [0.15, 0.2) is 170 Å². The number of hydrogen-bond donors (Lipinski definition) is 0. The molecule has 246 valence electrons. The molecule has 2 aliphatic carbocycles. The normalized spacial score (nSPS) is 14.9. The fraction of sp³-hybridized carbons (Fsp3) is 0.0784. The lowest BCUT2D eigenvalue weighted by Gasteiger charge is -2.30. The van der Waals surface area contributed by atoms with Crippen LogP contribution in [0.4, 0.5) is 0 Å². The van der Waals surface area contributed by atoms with E-state index in [1.165, 1.54) is 94.6 Å². The van der Waals surface area contributed by atoms with Crippen molar-refractivity contribution in [3.05, 3.63) is 209 Å². The van der Waals surface area contributed by atoms with E-state index in [4.69, 9.17) is 4.98 Å². The summed E-state index contributed by atoms with van der Waals surface area (Å²) >= 11 is 0. The summed E-state index contributed by atoms with van der Waals surface area (Å²) in [6.07, 6.45) is 1.98. The number of pyridine rings is 1. The van der Waals surface area contributed by atoms with E-state index in [-0.39, 0.29) is 5.41 Å². The van der Waals surface area contributed by atoms with Crippen LogP contribution in [0.5, 0.6) is 0 Å². The SMILES string of the molecule is Cc1cc(-c2cccc(-c3ccccc3)c2)cc(-c2ccc3c(c2)-c2ccccc2C32c3ccccc3-c3cc(-c4ncc(C)cc4C)ccc32)c1. The van der Waals surface area contributed by atoms with Crippen molar-refractivity contribution >= 4 is 0 Å². The van der Waals surface area contributed by atoms with Crippen molar-refractivity contribution in [2.75, 3.05) is 0 Å². The first-order valence-electron chi connectivity index (χ1n) is 18.2. The number of aryl methyl sites for hydroxylation is 3. The molecule has 1 atom stereocenters. The minimum atomic E-state index is -0.389. The van der Waals surface area contributed by atoms with Gasteiger partial charge >= 0.3 is 0 Å². The maximum absolute atomic E-state index is 4.88. The Morgan fingerprint density at radius 3 is 1.50 bits per heavy atom. The Balaban J connectivity index is 1.13. The third-order valence-corrected chi connectivity index (χ3v) is 11.3. The van der Waals surface area contributed by atoms with E-state index in [0.717, 1.165) is 11.3 Å². The summed E-state index contributed by atoms with van der Waals surface area (Å²) in [6, 6.07) is 61.1. The van der Waals surface area contributed by atoms with Gasteiger partial charge in [-0.2, -0.15) is 0 Å². The molecule has 1 heteroatoms. The molecule has 0 amide bonds. The average Bonchev–Trinajstić information content (AvgIpc) is 3.64. The van der Waals surface area contributed by atoms with Crippen LogP contribution in [0.1, 0.15) is 38.9 Å². The van der Waals surface area contributed by atoms with Gasteiger partial charge in [0.05, 0.1) is 11.1 Å². The highest BCUT2D eigenvalue weighted by Crippen LogP contribution is 2.63. The molecule has 8 aromatic rings. The van der Waals surface area contributed by atoms with Crippen LogP contribution in [0.2, 0.25) is 0 Å². The van der Waals surface area contributed by atoms with Crippen molar-refractivity contribution in [3.8, 4) is 66.9 Å². The molecule has 0 fully saturated rings. The second kappa shape index (κ2) is 11.6. The van der Waals surface area contributed by atoms with Gasteiger partial charge in [0, 0.05) is 11.8 Å². The van der Waals surface area contributed by atoms with E-state index in [2.05, 4.69) is 185 Å². The van der Waals surface area contributed by atoms with Crippen LogP contribution in [0.25, 0.3) is 66.9 Å². The van der Waals surface area contributed by atoms with Gasteiger partial charge < -0.3 is 0 Å². The van der Waals surface area contributed by atoms with Crippen LogP contribution in [0.3, 0.4) is 0 Å². The lowest BCUT2D eigenvalue weighted by Crippen LogP contribution is -2.25. The number of aromatic nitrogens is 1. The molecule has 7 aromatic carbocycles. The molecule has 0 radical (unpaired) electrons. The van der Waals surface area contributed by atoms with Crippen molar-refractivity contribution in [2.45, 2.75) is 26.2 Å². The molecule has 1 unspecified atom stereocenters. The fourth-order valence-corrected chi connectivity index (χ4v) is 9.12. The monoisotopic (exact) mass is 663 g/mol. The van der Waals surface area contributed by atoms with Gasteiger partial charge in [0.1, 0.15) is 0 Å². The van der Waals surface area contributed by atoms with Crippen molar-refractivity contribution in [3.63, 3.8) is 0 Å². The Hall–Kier alpha value is -6.31. The van der Waals surface area contributed by atoms with E-state index in [1.54, 1.807) is 0 Å². The number of nitrogens with zero attached hydrogens (tertiary/aromatic N) is 1. The predicted octanol–water partition coefficient (Wildman–Crippen LogP) is 13.0. The zero-order valence-corrected chi connectivity index (χ0v) is 29.6. The van der Waals surface area contributed by atoms with E-state index in [0.29, 0.717) is 0 Å². The van der Waals surface area contributed by atoms with Crippen LogP contribution in [0, 0.1) is 20.8 Å². The molecule has 0 saturated heterocycles. The number of hydrogen-bond acceptors (Lipinski definition) is 1. The van der Waals surface area contributed by atoms with Gasteiger partial charge in [-0.25, -0.2) is 0 Å². The molecule has 52 heavy (non-hydrogen) atoms. The molecule has 2 aliphatic rings. The third kappa shape index (κ3) is 4.52. The van der Waals surface area contributed by atoms with E-state index in [9.17, 15) is 0 Å². The Bertz CT molecular complexity index is 2720. The van der Waals surface area contributed by atoms with Gasteiger partial charge in [-0.3, -0.25) is 4.98 Å². The number of fused-ring (bicyclic) bond motifs is 10. The second-order valence-electron chi connectivity index (χ2n) is 14.6. The van der Waals surface area contributed by atoms with Crippen LogP contribution < -0.4 is 0 Å². The Kier molecular flexibility index (Phi) is 6.82. The topological polar surface area (TPSA) is 12.9 Å². The Morgan fingerprint density at radius 1 is 0.346 bits per heavy atom. The molecule has 1 heterocycles. The lowest BCUT2D eigenvalue weighted by molar-refractivity contribution is 0.794. The molecule has 1 nitrogen and oxygen atoms in total. The summed E-state index contributed by atoms with van der Waals surface area (Å²) in [6.45, 7) is 6.48.